The monoisotopic (exact) mass is 280 g/mol. The minimum Gasteiger partial charge on any atom is -0.398 e. The molecule has 0 aliphatic heterocycles. The van der Waals surface area contributed by atoms with Crippen LogP contribution in [-0.2, 0) is 0 Å². The van der Waals surface area contributed by atoms with Crippen molar-refractivity contribution in [1.82, 2.24) is 4.90 Å². The number of carbonyl (C=O) groups is 1. The first-order valence-corrected chi connectivity index (χ1v) is 6.71. The van der Waals surface area contributed by atoms with E-state index in [2.05, 4.69) is 6.58 Å². The number of hydrogen-bond acceptors (Lipinski definition) is 2. The number of anilines is 1. The van der Waals surface area contributed by atoms with Crippen LogP contribution < -0.4 is 5.73 Å². The summed E-state index contributed by atoms with van der Waals surface area (Å²) in [7, 11) is 0. The lowest BCUT2D eigenvalue weighted by Crippen LogP contribution is -2.39. The highest BCUT2D eigenvalue weighted by atomic mass is 19.2. The van der Waals surface area contributed by atoms with Crippen molar-refractivity contribution in [2.75, 3.05) is 12.3 Å². The number of nitrogen functional groups attached to an aromatic ring is 1. The third-order valence-electron chi connectivity index (χ3n) is 3.67. The summed E-state index contributed by atoms with van der Waals surface area (Å²) < 4.78 is 26.4. The zero-order chi connectivity index (χ0) is 14.7. The molecule has 0 bridgehead atoms. The lowest BCUT2D eigenvalue weighted by Gasteiger charge is -2.28. The third-order valence-corrected chi connectivity index (χ3v) is 3.67. The molecule has 1 aromatic carbocycles. The Hall–Kier alpha value is -1.91. The Morgan fingerprint density at radius 1 is 1.35 bits per heavy atom. The van der Waals surface area contributed by atoms with Crippen molar-refractivity contribution in [3.8, 4) is 0 Å². The topological polar surface area (TPSA) is 46.3 Å². The van der Waals surface area contributed by atoms with Crippen LogP contribution in [0.2, 0.25) is 0 Å². The summed E-state index contributed by atoms with van der Waals surface area (Å²) in [6, 6.07) is 1.84. The standard InChI is InChI=1S/C15H18F2N2O/c1-2-7-19(10-5-3-4-6-10)15(20)11-8-12(16)13(17)9-14(11)18/h2,8-10H,1,3-7,18H2. The number of nitrogens with two attached hydrogens (primary N) is 1. The summed E-state index contributed by atoms with van der Waals surface area (Å²) >= 11 is 0. The highest BCUT2D eigenvalue weighted by molar-refractivity contribution is 5.99. The SMILES string of the molecule is C=CCN(C(=O)c1cc(F)c(F)cc1N)C1CCCC1. The number of hydrogen-bond donors (Lipinski definition) is 1. The van der Waals surface area contributed by atoms with Crippen LogP contribution in [0.1, 0.15) is 36.0 Å². The van der Waals surface area contributed by atoms with Gasteiger partial charge in [0.2, 0.25) is 0 Å². The molecule has 1 saturated carbocycles. The van der Waals surface area contributed by atoms with Gasteiger partial charge in [0.1, 0.15) is 0 Å². The van der Waals surface area contributed by atoms with Crippen LogP contribution in [0.3, 0.4) is 0 Å². The molecule has 2 N–H and O–H groups in total. The molecule has 5 heteroatoms. The first-order chi connectivity index (χ1) is 9.54. The largest absolute Gasteiger partial charge is 0.398 e. The lowest BCUT2D eigenvalue weighted by atomic mass is 10.1. The number of benzene rings is 1. The maximum Gasteiger partial charge on any atom is 0.256 e. The summed E-state index contributed by atoms with van der Waals surface area (Å²) in [5, 5.41) is 0. The lowest BCUT2D eigenvalue weighted by molar-refractivity contribution is 0.0707. The van der Waals surface area contributed by atoms with Gasteiger partial charge in [0.15, 0.2) is 11.6 Å². The summed E-state index contributed by atoms with van der Waals surface area (Å²) in [5.74, 6) is -2.48. The molecule has 2 rings (SSSR count). The van der Waals surface area contributed by atoms with Gasteiger partial charge in [0, 0.05) is 24.3 Å². The first kappa shape index (κ1) is 14.5. The molecule has 0 atom stereocenters. The number of carbonyl (C=O) groups excluding carboxylic acids is 1. The van der Waals surface area contributed by atoms with Crippen LogP contribution in [-0.4, -0.2) is 23.4 Å². The van der Waals surface area contributed by atoms with Crippen LogP contribution in [0.5, 0.6) is 0 Å². The summed E-state index contributed by atoms with van der Waals surface area (Å²) in [6.07, 6.45) is 5.61. The summed E-state index contributed by atoms with van der Waals surface area (Å²) in [5.41, 5.74) is 5.61. The Bertz CT molecular complexity index is 525. The van der Waals surface area contributed by atoms with E-state index >= 15 is 0 Å². The third kappa shape index (κ3) is 2.81. The molecule has 108 valence electrons. The molecule has 1 fully saturated rings. The van der Waals surface area contributed by atoms with Crippen molar-refractivity contribution in [2.45, 2.75) is 31.7 Å². The summed E-state index contributed by atoms with van der Waals surface area (Å²) in [4.78, 5) is 14.2. The van der Waals surface area contributed by atoms with E-state index < -0.39 is 11.6 Å². The zero-order valence-corrected chi connectivity index (χ0v) is 11.2. The Kier molecular flexibility index (Phi) is 4.37. The van der Waals surface area contributed by atoms with Gasteiger partial charge in [0.25, 0.3) is 5.91 Å². The Morgan fingerprint density at radius 3 is 2.55 bits per heavy atom. The molecular formula is C15H18F2N2O. The van der Waals surface area contributed by atoms with Gasteiger partial charge in [-0.2, -0.15) is 0 Å². The predicted molar refractivity (Wildman–Crippen MR) is 74.3 cm³/mol. The summed E-state index contributed by atoms with van der Waals surface area (Å²) in [6.45, 7) is 4.02. The van der Waals surface area contributed by atoms with Gasteiger partial charge in [-0.25, -0.2) is 8.78 Å². The van der Waals surface area contributed by atoms with Crippen molar-refractivity contribution < 1.29 is 13.6 Å². The minimum absolute atomic E-state index is 0.0117. The molecule has 3 nitrogen and oxygen atoms in total. The van der Waals surface area contributed by atoms with Gasteiger partial charge in [-0.1, -0.05) is 18.9 Å². The van der Waals surface area contributed by atoms with Crippen molar-refractivity contribution >= 4 is 11.6 Å². The van der Waals surface area contributed by atoms with E-state index in [1.54, 1.807) is 11.0 Å². The molecule has 0 spiro atoms. The Labute approximate surface area is 117 Å². The molecule has 1 aliphatic carbocycles. The molecule has 0 heterocycles. The highest BCUT2D eigenvalue weighted by Gasteiger charge is 2.28. The highest BCUT2D eigenvalue weighted by Crippen LogP contribution is 2.27. The van der Waals surface area contributed by atoms with Crippen LogP contribution >= 0.6 is 0 Å². The van der Waals surface area contributed by atoms with Gasteiger partial charge >= 0.3 is 0 Å². The quantitative estimate of drug-likeness (QED) is 0.680. The average Bonchev–Trinajstić information content (AvgIpc) is 2.93. The normalized spacial score (nSPS) is 15.3. The number of halogens is 2. The second-order valence-electron chi connectivity index (χ2n) is 5.04. The van der Waals surface area contributed by atoms with Gasteiger partial charge < -0.3 is 10.6 Å². The molecule has 0 radical (unpaired) electrons. The van der Waals surface area contributed by atoms with E-state index in [0.717, 1.165) is 37.8 Å². The second-order valence-corrected chi connectivity index (χ2v) is 5.04. The zero-order valence-electron chi connectivity index (χ0n) is 11.2. The van der Waals surface area contributed by atoms with E-state index in [-0.39, 0.29) is 23.2 Å². The van der Waals surface area contributed by atoms with Crippen molar-refractivity contribution in [2.24, 2.45) is 0 Å². The van der Waals surface area contributed by atoms with Crippen LogP contribution in [0.15, 0.2) is 24.8 Å². The van der Waals surface area contributed by atoms with Gasteiger partial charge in [-0.15, -0.1) is 6.58 Å². The predicted octanol–water partition coefficient (Wildman–Crippen LogP) is 3.12. The second kappa shape index (κ2) is 6.03. The van der Waals surface area contributed by atoms with Crippen molar-refractivity contribution in [3.05, 3.63) is 42.0 Å². The fourth-order valence-electron chi connectivity index (χ4n) is 2.65. The smallest absolute Gasteiger partial charge is 0.256 e. The van der Waals surface area contributed by atoms with Crippen LogP contribution in [0.4, 0.5) is 14.5 Å². The van der Waals surface area contributed by atoms with E-state index in [4.69, 9.17) is 5.73 Å². The van der Waals surface area contributed by atoms with Gasteiger partial charge in [-0.05, 0) is 18.9 Å². The van der Waals surface area contributed by atoms with E-state index in [1.807, 2.05) is 0 Å². The number of amides is 1. The van der Waals surface area contributed by atoms with E-state index in [1.165, 1.54) is 0 Å². The van der Waals surface area contributed by atoms with Crippen molar-refractivity contribution in [1.29, 1.82) is 0 Å². The molecule has 1 aliphatic rings. The van der Waals surface area contributed by atoms with Crippen molar-refractivity contribution in [3.63, 3.8) is 0 Å². The average molecular weight is 280 g/mol. The molecule has 1 amide bonds. The first-order valence-electron chi connectivity index (χ1n) is 6.71. The van der Waals surface area contributed by atoms with Gasteiger partial charge in [-0.3, -0.25) is 4.79 Å². The number of rotatable bonds is 4. The van der Waals surface area contributed by atoms with Crippen LogP contribution in [0.25, 0.3) is 0 Å². The number of nitrogens with zero attached hydrogens (tertiary/aromatic N) is 1. The fraction of sp³-hybridized carbons (Fsp3) is 0.400. The molecule has 0 unspecified atom stereocenters. The fourth-order valence-corrected chi connectivity index (χ4v) is 2.65. The molecular weight excluding hydrogens is 262 g/mol. The Balaban J connectivity index is 2.31. The van der Waals surface area contributed by atoms with Gasteiger partial charge in [0.05, 0.1) is 5.56 Å². The molecule has 0 aromatic heterocycles. The minimum atomic E-state index is -1.06. The maximum atomic E-state index is 13.3. The molecule has 0 saturated heterocycles. The molecule has 20 heavy (non-hydrogen) atoms. The van der Waals surface area contributed by atoms with E-state index in [9.17, 15) is 13.6 Å². The Morgan fingerprint density at radius 2 is 1.95 bits per heavy atom. The maximum absolute atomic E-state index is 13.3. The molecule has 1 aromatic rings. The van der Waals surface area contributed by atoms with Crippen LogP contribution in [0, 0.1) is 11.6 Å². The van der Waals surface area contributed by atoms with E-state index in [0.29, 0.717) is 6.54 Å².